The molecule has 21 heavy (non-hydrogen) atoms. The summed E-state index contributed by atoms with van der Waals surface area (Å²) in [6.45, 7) is 0. The SMILES string of the molecule is COc1ccc(-c2cccc3c2CCC3=O)c(OC)c1Br. The van der Waals surface area contributed by atoms with Crippen molar-refractivity contribution in [1.82, 2.24) is 0 Å². The normalized spacial score (nSPS) is 13.2. The highest BCUT2D eigenvalue weighted by atomic mass is 79.9. The summed E-state index contributed by atoms with van der Waals surface area (Å²) in [5, 5.41) is 0. The number of hydrogen-bond acceptors (Lipinski definition) is 3. The van der Waals surface area contributed by atoms with Crippen molar-refractivity contribution in [3.63, 3.8) is 0 Å². The molecule has 0 fully saturated rings. The number of rotatable bonds is 3. The topological polar surface area (TPSA) is 35.5 Å². The molecule has 0 aromatic heterocycles. The zero-order valence-corrected chi connectivity index (χ0v) is 13.5. The quantitative estimate of drug-likeness (QED) is 0.832. The van der Waals surface area contributed by atoms with Crippen molar-refractivity contribution in [2.75, 3.05) is 14.2 Å². The van der Waals surface area contributed by atoms with E-state index >= 15 is 0 Å². The minimum Gasteiger partial charge on any atom is -0.495 e. The molecule has 0 amide bonds. The maximum absolute atomic E-state index is 11.9. The molecule has 2 aromatic rings. The summed E-state index contributed by atoms with van der Waals surface area (Å²) in [5.74, 6) is 1.67. The molecule has 4 heteroatoms. The Morgan fingerprint density at radius 2 is 1.71 bits per heavy atom. The van der Waals surface area contributed by atoms with Crippen LogP contribution < -0.4 is 9.47 Å². The lowest BCUT2D eigenvalue weighted by atomic mass is 9.96. The first-order valence-electron chi connectivity index (χ1n) is 6.73. The fraction of sp³-hybridized carbons (Fsp3) is 0.235. The molecule has 108 valence electrons. The van der Waals surface area contributed by atoms with Crippen LogP contribution in [-0.4, -0.2) is 20.0 Å². The van der Waals surface area contributed by atoms with Crippen molar-refractivity contribution < 1.29 is 14.3 Å². The maximum atomic E-state index is 11.9. The second kappa shape index (κ2) is 5.53. The molecule has 1 aliphatic rings. The Bertz CT molecular complexity index is 722. The van der Waals surface area contributed by atoms with E-state index in [1.807, 2.05) is 30.3 Å². The average Bonchev–Trinajstić information content (AvgIpc) is 2.88. The largest absolute Gasteiger partial charge is 0.495 e. The molecule has 3 nitrogen and oxygen atoms in total. The Labute approximate surface area is 132 Å². The van der Waals surface area contributed by atoms with E-state index < -0.39 is 0 Å². The number of hydrogen-bond donors (Lipinski definition) is 0. The van der Waals surface area contributed by atoms with Gasteiger partial charge >= 0.3 is 0 Å². The molecule has 0 saturated heterocycles. The smallest absolute Gasteiger partial charge is 0.163 e. The van der Waals surface area contributed by atoms with Gasteiger partial charge in [-0.1, -0.05) is 18.2 Å². The van der Waals surface area contributed by atoms with Gasteiger partial charge in [0.25, 0.3) is 0 Å². The first kappa shape index (κ1) is 14.1. The molecular weight excluding hydrogens is 332 g/mol. The summed E-state index contributed by atoms with van der Waals surface area (Å²) in [7, 11) is 3.26. The van der Waals surface area contributed by atoms with Gasteiger partial charge in [-0.25, -0.2) is 0 Å². The average molecular weight is 347 g/mol. The van der Waals surface area contributed by atoms with Crippen LogP contribution in [0.4, 0.5) is 0 Å². The Balaban J connectivity index is 2.23. The number of ether oxygens (including phenoxy) is 2. The summed E-state index contributed by atoms with van der Waals surface area (Å²) in [4.78, 5) is 11.9. The summed E-state index contributed by atoms with van der Waals surface area (Å²) < 4.78 is 11.6. The first-order chi connectivity index (χ1) is 10.2. The lowest BCUT2D eigenvalue weighted by Crippen LogP contribution is -1.96. The van der Waals surface area contributed by atoms with E-state index in [1.54, 1.807) is 14.2 Å². The molecule has 0 saturated carbocycles. The van der Waals surface area contributed by atoms with E-state index in [4.69, 9.17) is 9.47 Å². The highest BCUT2D eigenvalue weighted by Crippen LogP contribution is 2.44. The molecule has 0 bridgehead atoms. The molecule has 0 unspecified atom stereocenters. The molecule has 0 aliphatic heterocycles. The zero-order valence-electron chi connectivity index (χ0n) is 11.9. The minimum atomic E-state index is 0.221. The van der Waals surface area contributed by atoms with Gasteiger partial charge in [-0.15, -0.1) is 0 Å². The lowest BCUT2D eigenvalue weighted by Gasteiger charge is -2.15. The summed E-state index contributed by atoms with van der Waals surface area (Å²) >= 11 is 3.53. The van der Waals surface area contributed by atoms with Gasteiger partial charge in [0.2, 0.25) is 0 Å². The molecule has 1 aliphatic carbocycles. The van der Waals surface area contributed by atoms with Gasteiger partial charge in [0.15, 0.2) is 5.78 Å². The number of fused-ring (bicyclic) bond motifs is 1. The Hall–Kier alpha value is -1.81. The predicted octanol–water partition coefficient (Wildman–Crippen LogP) is 4.26. The second-order valence-corrected chi connectivity index (χ2v) is 5.71. The standard InChI is InChI=1S/C17H15BrO3/c1-20-15-9-7-13(17(21-2)16(15)18)10-4-3-5-12-11(10)6-8-14(12)19/h3-5,7,9H,6,8H2,1-2H3. The van der Waals surface area contributed by atoms with Crippen LogP contribution in [0.1, 0.15) is 22.3 Å². The van der Waals surface area contributed by atoms with Crippen molar-refractivity contribution in [1.29, 1.82) is 0 Å². The van der Waals surface area contributed by atoms with Crippen molar-refractivity contribution in [3.05, 3.63) is 45.9 Å². The minimum absolute atomic E-state index is 0.221. The van der Waals surface area contributed by atoms with Crippen molar-refractivity contribution in [2.24, 2.45) is 0 Å². The van der Waals surface area contributed by atoms with Gasteiger partial charge in [-0.05, 0) is 45.6 Å². The van der Waals surface area contributed by atoms with Crippen LogP contribution in [0.2, 0.25) is 0 Å². The molecule has 0 atom stereocenters. The molecule has 0 spiro atoms. The van der Waals surface area contributed by atoms with Crippen LogP contribution >= 0.6 is 15.9 Å². The Kier molecular flexibility index (Phi) is 3.72. The number of ketones is 1. The van der Waals surface area contributed by atoms with Gasteiger partial charge in [0, 0.05) is 17.5 Å². The van der Waals surface area contributed by atoms with Crippen LogP contribution in [0.3, 0.4) is 0 Å². The number of methoxy groups -OCH3 is 2. The van der Waals surface area contributed by atoms with Gasteiger partial charge in [-0.2, -0.15) is 0 Å². The Morgan fingerprint density at radius 3 is 2.43 bits per heavy atom. The molecular formula is C17H15BrO3. The van der Waals surface area contributed by atoms with Crippen LogP contribution in [0.25, 0.3) is 11.1 Å². The third-order valence-corrected chi connectivity index (χ3v) is 4.61. The number of carbonyl (C=O) groups is 1. The summed E-state index contributed by atoms with van der Waals surface area (Å²) in [6.07, 6.45) is 1.38. The van der Waals surface area contributed by atoms with Crippen molar-refractivity contribution in [2.45, 2.75) is 12.8 Å². The number of benzene rings is 2. The van der Waals surface area contributed by atoms with Gasteiger partial charge in [-0.3, -0.25) is 4.79 Å². The van der Waals surface area contributed by atoms with E-state index in [1.165, 1.54) is 0 Å². The Morgan fingerprint density at radius 1 is 0.952 bits per heavy atom. The van der Waals surface area contributed by atoms with E-state index in [9.17, 15) is 4.79 Å². The van der Waals surface area contributed by atoms with Crippen molar-refractivity contribution in [3.8, 4) is 22.6 Å². The van der Waals surface area contributed by atoms with E-state index in [-0.39, 0.29) is 5.78 Å². The van der Waals surface area contributed by atoms with E-state index in [0.29, 0.717) is 6.42 Å². The highest BCUT2D eigenvalue weighted by molar-refractivity contribution is 9.10. The molecule has 0 radical (unpaired) electrons. The van der Waals surface area contributed by atoms with Crippen molar-refractivity contribution >= 4 is 21.7 Å². The third-order valence-electron chi connectivity index (χ3n) is 3.85. The highest BCUT2D eigenvalue weighted by Gasteiger charge is 2.24. The van der Waals surface area contributed by atoms with Gasteiger partial charge < -0.3 is 9.47 Å². The number of carbonyl (C=O) groups excluding carboxylic acids is 1. The van der Waals surface area contributed by atoms with Crippen LogP contribution in [0.5, 0.6) is 11.5 Å². The lowest BCUT2D eigenvalue weighted by molar-refractivity contribution is 0.0994. The van der Waals surface area contributed by atoms with E-state index in [0.717, 1.165) is 44.6 Å². The fourth-order valence-electron chi connectivity index (χ4n) is 2.85. The number of Topliss-reactive ketones (excluding diaryl/α,β-unsaturated/α-hetero) is 1. The fourth-order valence-corrected chi connectivity index (χ4v) is 3.52. The maximum Gasteiger partial charge on any atom is 0.163 e. The molecule has 2 aromatic carbocycles. The molecule has 3 rings (SSSR count). The van der Waals surface area contributed by atoms with Gasteiger partial charge in [0.1, 0.15) is 16.0 Å². The monoisotopic (exact) mass is 346 g/mol. The predicted molar refractivity (Wildman–Crippen MR) is 85.3 cm³/mol. The molecule has 0 N–H and O–H groups in total. The number of halogens is 1. The zero-order chi connectivity index (χ0) is 15.0. The van der Waals surface area contributed by atoms with Crippen LogP contribution in [0, 0.1) is 0 Å². The van der Waals surface area contributed by atoms with Crippen LogP contribution in [-0.2, 0) is 6.42 Å². The van der Waals surface area contributed by atoms with Gasteiger partial charge in [0.05, 0.1) is 14.2 Å². The first-order valence-corrected chi connectivity index (χ1v) is 7.52. The summed E-state index contributed by atoms with van der Waals surface area (Å²) in [5.41, 5.74) is 3.97. The van der Waals surface area contributed by atoms with E-state index in [2.05, 4.69) is 15.9 Å². The third kappa shape index (κ3) is 2.23. The molecule has 0 heterocycles. The van der Waals surface area contributed by atoms with Crippen LogP contribution in [0.15, 0.2) is 34.8 Å². The second-order valence-electron chi connectivity index (χ2n) is 4.92. The summed E-state index contributed by atoms with van der Waals surface area (Å²) in [6, 6.07) is 9.74.